The van der Waals surface area contributed by atoms with Crippen LogP contribution >= 0.6 is 11.3 Å². The molecule has 9 heteroatoms. The molecule has 1 saturated heterocycles. The average molecular weight is 597 g/mol. The molecule has 43 heavy (non-hydrogen) atoms. The molecule has 2 aromatic carbocycles. The van der Waals surface area contributed by atoms with Gasteiger partial charge in [0.1, 0.15) is 11.4 Å². The molecule has 5 aromatic rings. The molecule has 3 aliphatic rings. The quantitative estimate of drug-likeness (QED) is 0.227. The van der Waals surface area contributed by atoms with E-state index in [1.165, 1.54) is 18.9 Å². The molecule has 0 spiro atoms. The number of carbonyl (C=O) groups is 1. The van der Waals surface area contributed by atoms with Crippen LogP contribution in [0.4, 0.5) is 4.39 Å². The highest BCUT2D eigenvalue weighted by Gasteiger charge is 2.47. The lowest BCUT2D eigenvalue weighted by Crippen LogP contribution is -2.41. The minimum absolute atomic E-state index is 0.0224. The van der Waals surface area contributed by atoms with Gasteiger partial charge in [-0.25, -0.2) is 9.37 Å². The first-order valence-corrected chi connectivity index (χ1v) is 15.8. The molecule has 0 radical (unpaired) electrons. The van der Waals surface area contributed by atoms with Gasteiger partial charge >= 0.3 is 0 Å². The normalized spacial score (nSPS) is 21.4. The van der Waals surface area contributed by atoms with Crippen LogP contribution in [0.1, 0.15) is 41.6 Å². The lowest BCUT2D eigenvalue weighted by atomic mass is 10.0. The Morgan fingerprint density at radius 1 is 1.16 bits per heavy atom. The average Bonchev–Trinajstić information content (AvgIpc) is 3.42. The number of methoxy groups -OCH3 is 1. The van der Waals surface area contributed by atoms with E-state index in [-0.39, 0.29) is 29.3 Å². The zero-order valence-corrected chi connectivity index (χ0v) is 25.0. The van der Waals surface area contributed by atoms with E-state index in [0.29, 0.717) is 28.8 Å². The van der Waals surface area contributed by atoms with E-state index in [2.05, 4.69) is 17.6 Å². The van der Waals surface area contributed by atoms with Crippen LogP contribution in [0, 0.1) is 24.6 Å². The number of likely N-dealkylation sites (tertiary alicyclic amines) is 1. The maximum atomic E-state index is 14.8. The highest BCUT2D eigenvalue weighted by atomic mass is 32.1. The number of phenols is 1. The summed E-state index contributed by atoms with van der Waals surface area (Å²) in [5.74, 6) is 0.626. The number of ether oxygens (including phenoxy) is 1. The zero-order chi connectivity index (χ0) is 29.6. The summed E-state index contributed by atoms with van der Waals surface area (Å²) in [6, 6.07) is 14.6. The molecule has 7 nitrogen and oxygen atoms in total. The van der Waals surface area contributed by atoms with Gasteiger partial charge in [-0.15, -0.1) is 11.3 Å². The fourth-order valence-corrected chi connectivity index (χ4v) is 8.53. The summed E-state index contributed by atoms with van der Waals surface area (Å²) in [6.45, 7) is 3.66. The van der Waals surface area contributed by atoms with Crippen LogP contribution in [0.2, 0.25) is 0 Å². The summed E-state index contributed by atoms with van der Waals surface area (Å²) in [5, 5.41) is 11.9. The van der Waals surface area contributed by atoms with Crippen molar-refractivity contribution in [2.24, 2.45) is 17.6 Å². The van der Waals surface area contributed by atoms with Crippen molar-refractivity contribution in [3.63, 3.8) is 0 Å². The van der Waals surface area contributed by atoms with E-state index < -0.39 is 5.82 Å². The summed E-state index contributed by atoms with van der Waals surface area (Å²) < 4.78 is 24.0. The Kier molecular flexibility index (Phi) is 6.07. The third-order valence-corrected chi connectivity index (χ3v) is 11.0. The van der Waals surface area contributed by atoms with Crippen LogP contribution in [-0.2, 0) is 6.54 Å². The van der Waals surface area contributed by atoms with E-state index in [9.17, 15) is 14.3 Å². The number of phenolic OH excluding ortho intramolecular Hbond substituents is 1. The van der Waals surface area contributed by atoms with Gasteiger partial charge in [0, 0.05) is 51.8 Å². The second kappa shape index (κ2) is 9.79. The first kappa shape index (κ1) is 26.7. The SMILES string of the molecule is COc1cc(C(=O)N2CC3CCC2[C@@H]3N)cc2sc(-c3cc4ccc(-c5cccc(O)c5F)nc4n3CC3CC3)c(C)c12. The number of fused-ring (bicyclic) bond motifs is 4. The number of nitrogens with zero attached hydrogens (tertiary/aromatic N) is 3. The molecule has 8 rings (SSSR count). The van der Waals surface area contributed by atoms with Crippen molar-refractivity contribution in [3.8, 4) is 33.3 Å². The number of aryl methyl sites for hydroxylation is 1. The highest BCUT2D eigenvalue weighted by molar-refractivity contribution is 7.22. The Bertz CT molecular complexity index is 1940. The van der Waals surface area contributed by atoms with E-state index in [4.69, 9.17) is 15.5 Å². The van der Waals surface area contributed by atoms with Gasteiger partial charge in [-0.05, 0) is 92.5 Å². The number of nitrogens with two attached hydrogens (primary N) is 1. The second-order valence-electron chi connectivity index (χ2n) is 12.4. The maximum Gasteiger partial charge on any atom is 0.254 e. The monoisotopic (exact) mass is 596 g/mol. The third-order valence-electron chi connectivity index (χ3n) is 9.74. The van der Waals surface area contributed by atoms with Crippen molar-refractivity contribution in [2.75, 3.05) is 13.7 Å². The number of carbonyl (C=O) groups excluding carboxylic acids is 1. The van der Waals surface area contributed by atoms with E-state index >= 15 is 0 Å². The van der Waals surface area contributed by atoms with E-state index in [1.54, 1.807) is 36.6 Å². The summed E-state index contributed by atoms with van der Waals surface area (Å²) in [4.78, 5) is 21.7. The lowest BCUT2D eigenvalue weighted by molar-refractivity contribution is 0.0700. The Balaban J connectivity index is 1.25. The number of thiophene rings is 1. The van der Waals surface area contributed by atoms with Gasteiger partial charge in [0.15, 0.2) is 11.6 Å². The van der Waals surface area contributed by atoms with Gasteiger partial charge in [0.05, 0.1) is 23.4 Å². The van der Waals surface area contributed by atoms with Gasteiger partial charge in [-0.1, -0.05) is 6.07 Å². The first-order chi connectivity index (χ1) is 20.8. The summed E-state index contributed by atoms with van der Waals surface area (Å²) in [7, 11) is 1.66. The van der Waals surface area contributed by atoms with Crippen molar-refractivity contribution in [2.45, 2.75) is 51.2 Å². The maximum absolute atomic E-state index is 14.8. The fraction of sp³-hybridized carbons (Fsp3) is 0.353. The summed E-state index contributed by atoms with van der Waals surface area (Å²) in [5.41, 5.74) is 10.7. The van der Waals surface area contributed by atoms with Gasteiger partial charge < -0.3 is 25.0 Å². The molecular formula is C34H33FN4O3S. The number of hydrogen-bond acceptors (Lipinski definition) is 6. The zero-order valence-electron chi connectivity index (χ0n) is 24.1. The Morgan fingerprint density at radius 2 is 2.00 bits per heavy atom. The van der Waals surface area contributed by atoms with Gasteiger partial charge in [-0.3, -0.25) is 4.79 Å². The van der Waals surface area contributed by atoms with Crippen LogP contribution < -0.4 is 10.5 Å². The molecule has 3 aromatic heterocycles. The highest BCUT2D eigenvalue weighted by Crippen LogP contribution is 2.46. The standard InChI is InChI=1S/C34H33FN4O3S/c1-17-29-27(42-2)13-21(34(41)39-16-20-9-11-24(39)31(20)36)14-28(29)43-32(17)25-12-19-8-10-23(22-4-3-5-26(40)30(22)35)37-33(19)38(25)15-18-6-7-18/h3-5,8,10,12-14,18,20,24,31,40H,6-7,9,11,15-16,36H2,1-2H3/t20?,24?,31-/m1/s1. The minimum Gasteiger partial charge on any atom is -0.505 e. The number of aromatic hydroxyl groups is 1. The minimum atomic E-state index is -0.670. The Hall–Kier alpha value is -3.95. The number of piperidine rings is 1. The van der Waals surface area contributed by atoms with Crippen LogP contribution in [0.3, 0.4) is 0 Å². The molecule has 2 bridgehead atoms. The van der Waals surface area contributed by atoms with E-state index in [0.717, 1.165) is 63.2 Å². The Labute approximate surface area is 252 Å². The fourth-order valence-electron chi connectivity index (χ4n) is 7.24. The topological polar surface area (TPSA) is 93.6 Å². The molecule has 2 aliphatic carbocycles. The molecule has 2 unspecified atom stereocenters. The van der Waals surface area contributed by atoms with Gasteiger partial charge in [-0.2, -0.15) is 0 Å². The number of benzene rings is 2. The number of hydrogen-bond donors (Lipinski definition) is 2. The van der Waals surface area contributed by atoms with Crippen molar-refractivity contribution in [3.05, 3.63) is 65.5 Å². The van der Waals surface area contributed by atoms with Gasteiger partial charge in [0.25, 0.3) is 5.91 Å². The number of pyridine rings is 1. The predicted octanol–water partition coefficient (Wildman–Crippen LogP) is 6.72. The molecule has 3 atom stereocenters. The van der Waals surface area contributed by atoms with Crippen molar-refractivity contribution in [1.82, 2.24) is 14.5 Å². The van der Waals surface area contributed by atoms with Crippen LogP contribution in [0.15, 0.2) is 48.5 Å². The second-order valence-corrected chi connectivity index (χ2v) is 13.4. The van der Waals surface area contributed by atoms with E-state index in [1.807, 2.05) is 23.1 Å². The molecule has 220 valence electrons. The summed E-state index contributed by atoms with van der Waals surface area (Å²) in [6.07, 6.45) is 4.41. The number of amides is 1. The molecular weight excluding hydrogens is 563 g/mol. The number of rotatable bonds is 6. The predicted molar refractivity (Wildman–Crippen MR) is 167 cm³/mol. The largest absolute Gasteiger partial charge is 0.505 e. The summed E-state index contributed by atoms with van der Waals surface area (Å²) >= 11 is 1.66. The molecule has 4 heterocycles. The van der Waals surface area contributed by atoms with Crippen LogP contribution in [-0.4, -0.2) is 51.2 Å². The number of aromatic nitrogens is 2. The molecule has 1 aliphatic heterocycles. The Morgan fingerprint density at radius 3 is 2.72 bits per heavy atom. The van der Waals surface area contributed by atoms with Crippen molar-refractivity contribution < 1.29 is 19.0 Å². The van der Waals surface area contributed by atoms with Crippen LogP contribution in [0.25, 0.3) is 42.9 Å². The molecule has 3 N–H and O–H groups in total. The van der Waals surface area contributed by atoms with Crippen molar-refractivity contribution in [1.29, 1.82) is 0 Å². The number of halogens is 1. The van der Waals surface area contributed by atoms with Crippen molar-refractivity contribution >= 4 is 38.4 Å². The molecule has 1 amide bonds. The molecule has 3 fully saturated rings. The van der Waals surface area contributed by atoms with Gasteiger partial charge in [0.2, 0.25) is 0 Å². The molecule has 2 saturated carbocycles. The smallest absolute Gasteiger partial charge is 0.254 e. The van der Waals surface area contributed by atoms with Crippen LogP contribution in [0.5, 0.6) is 11.5 Å². The third kappa shape index (κ3) is 4.16. The lowest BCUT2D eigenvalue weighted by Gasteiger charge is -2.27. The first-order valence-electron chi connectivity index (χ1n) is 15.0.